The van der Waals surface area contributed by atoms with Gasteiger partial charge in [-0.2, -0.15) is 5.10 Å². The number of aromatic nitrogens is 3. The second-order valence-electron chi connectivity index (χ2n) is 5.39. The third-order valence-electron chi connectivity index (χ3n) is 4.00. The minimum atomic E-state index is 0.308. The van der Waals surface area contributed by atoms with Crippen molar-refractivity contribution in [2.24, 2.45) is 0 Å². The molecule has 2 atom stereocenters. The Morgan fingerprint density at radius 2 is 1.95 bits per heavy atom. The summed E-state index contributed by atoms with van der Waals surface area (Å²) >= 11 is 0. The predicted octanol–water partition coefficient (Wildman–Crippen LogP) is 3.17. The van der Waals surface area contributed by atoms with Gasteiger partial charge in [0.05, 0.1) is 11.6 Å². The van der Waals surface area contributed by atoms with Crippen LogP contribution in [0.15, 0.2) is 55.0 Å². The van der Waals surface area contributed by atoms with Gasteiger partial charge in [0, 0.05) is 36.6 Å². The lowest BCUT2D eigenvalue weighted by molar-refractivity contribution is 0.365. The van der Waals surface area contributed by atoms with E-state index < -0.39 is 0 Å². The summed E-state index contributed by atoms with van der Waals surface area (Å²) in [6.07, 6.45) is 5.67. The van der Waals surface area contributed by atoms with E-state index in [2.05, 4.69) is 53.5 Å². The first-order chi connectivity index (χ1) is 10.3. The highest BCUT2D eigenvalue weighted by atomic mass is 15.3. The SMILES string of the molecule is C[C@H](NCc1cccc2cccnc12)[C@H](C)n1cccn1. The molecule has 108 valence electrons. The van der Waals surface area contributed by atoms with Crippen LogP contribution in [0.3, 0.4) is 0 Å². The molecule has 2 heterocycles. The first kappa shape index (κ1) is 13.8. The van der Waals surface area contributed by atoms with E-state index in [1.165, 1.54) is 10.9 Å². The maximum Gasteiger partial charge on any atom is 0.0746 e. The topological polar surface area (TPSA) is 42.7 Å². The molecule has 0 aliphatic rings. The van der Waals surface area contributed by atoms with Crippen molar-refractivity contribution in [2.75, 3.05) is 0 Å². The highest BCUT2D eigenvalue weighted by Gasteiger charge is 2.14. The van der Waals surface area contributed by atoms with Crippen LogP contribution in [-0.2, 0) is 6.54 Å². The Bertz CT molecular complexity index is 700. The highest BCUT2D eigenvalue weighted by Crippen LogP contribution is 2.17. The fourth-order valence-corrected chi connectivity index (χ4v) is 2.50. The molecule has 1 aromatic carbocycles. The molecule has 1 N–H and O–H groups in total. The molecule has 0 radical (unpaired) electrons. The zero-order chi connectivity index (χ0) is 14.7. The molecule has 0 unspecified atom stereocenters. The summed E-state index contributed by atoms with van der Waals surface area (Å²) < 4.78 is 1.99. The van der Waals surface area contributed by atoms with Gasteiger partial charge in [-0.1, -0.05) is 24.3 Å². The molecule has 2 aromatic heterocycles. The predicted molar refractivity (Wildman–Crippen MR) is 85.0 cm³/mol. The van der Waals surface area contributed by atoms with Crippen molar-refractivity contribution >= 4 is 10.9 Å². The molecule has 0 aliphatic heterocycles. The van der Waals surface area contributed by atoms with Crippen LogP contribution < -0.4 is 5.32 Å². The number of hydrogen-bond donors (Lipinski definition) is 1. The summed E-state index contributed by atoms with van der Waals surface area (Å²) in [6, 6.07) is 13.0. The van der Waals surface area contributed by atoms with Gasteiger partial charge in [0.1, 0.15) is 0 Å². The fraction of sp³-hybridized carbons (Fsp3) is 0.294. The third kappa shape index (κ3) is 2.95. The van der Waals surface area contributed by atoms with Gasteiger partial charge < -0.3 is 5.32 Å². The molecule has 4 nitrogen and oxygen atoms in total. The van der Waals surface area contributed by atoms with Gasteiger partial charge in [-0.05, 0) is 31.5 Å². The largest absolute Gasteiger partial charge is 0.308 e. The van der Waals surface area contributed by atoms with E-state index in [9.17, 15) is 0 Å². The molecule has 3 rings (SSSR count). The number of nitrogens with one attached hydrogen (secondary N) is 1. The van der Waals surface area contributed by atoms with Crippen LogP contribution in [0.1, 0.15) is 25.5 Å². The van der Waals surface area contributed by atoms with Crippen molar-refractivity contribution in [3.8, 4) is 0 Å². The Balaban J connectivity index is 1.72. The second-order valence-corrected chi connectivity index (χ2v) is 5.39. The lowest BCUT2D eigenvalue weighted by Crippen LogP contribution is -2.33. The minimum absolute atomic E-state index is 0.308. The smallest absolute Gasteiger partial charge is 0.0746 e. The molecule has 21 heavy (non-hydrogen) atoms. The molecular weight excluding hydrogens is 260 g/mol. The summed E-state index contributed by atoms with van der Waals surface area (Å²) in [5, 5.41) is 9.07. The van der Waals surface area contributed by atoms with Gasteiger partial charge in [-0.15, -0.1) is 0 Å². The van der Waals surface area contributed by atoms with E-state index in [4.69, 9.17) is 0 Å². The van der Waals surface area contributed by atoms with Crippen LogP contribution in [0.4, 0.5) is 0 Å². The molecule has 0 amide bonds. The fourth-order valence-electron chi connectivity index (χ4n) is 2.50. The Morgan fingerprint density at radius 3 is 2.76 bits per heavy atom. The van der Waals surface area contributed by atoms with Crippen molar-refractivity contribution in [1.82, 2.24) is 20.1 Å². The average molecular weight is 280 g/mol. The van der Waals surface area contributed by atoms with Gasteiger partial charge in [-0.25, -0.2) is 0 Å². The first-order valence-corrected chi connectivity index (χ1v) is 7.31. The van der Waals surface area contributed by atoms with Crippen molar-refractivity contribution < 1.29 is 0 Å². The molecule has 3 aromatic rings. The highest BCUT2D eigenvalue weighted by molar-refractivity contribution is 5.81. The standard InChI is InChI=1S/C17H20N4/c1-13(14(2)21-11-5-10-20-21)19-12-16-7-3-6-15-8-4-9-18-17(15)16/h3-11,13-14,19H,12H2,1-2H3/t13-,14-/m0/s1. The van der Waals surface area contributed by atoms with Crippen LogP contribution in [0.25, 0.3) is 10.9 Å². The normalized spacial score (nSPS) is 14.2. The summed E-state index contributed by atoms with van der Waals surface area (Å²) in [5.41, 5.74) is 2.30. The van der Waals surface area contributed by atoms with Crippen molar-refractivity contribution in [1.29, 1.82) is 0 Å². The van der Waals surface area contributed by atoms with Crippen molar-refractivity contribution in [3.63, 3.8) is 0 Å². The van der Waals surface area contributed by atoms with Crippen LogP contribution in [-0.4, -0.2) is 20.8 Å². The summed E-state index contributed by atoms with van der Waals surface area (Å²) in [5.74, 6) is 0. The Kier molecular flexibility index (Phi) is 3.97. The zero-order valence-electron chi connectivity index (χ0n) is 12.4. The Morgan fingerprint density at radius 1 is 1.10 bits per heavy atom. The van der Waals surface area contributed by atoms with Gasteiger partial charge in [0.2, 0.25) is 0 Å². The lowest BCUT2D eigenvalue weighted by atomic mass is 10.1. The van der Waals surface area contributed by atoms with E-state index in [0.29, 0.717) is 12.1 Å². The van der Waals surface area contributed by atoms with Crippen molar-refractivity contribution in [3.05, 3.63) is 60.6 Å². The molecule has 0 saturated heterocycles. The molecule has 0 saturated carbocycles. The number of para-hydroxylation sites is 1. The molecular formula is C17H20N4. The molecule has 0 bridgehead atoms. The van der Waals surface area contributed by atoms with Crippen molar-refractivity contribution in [2.45, 2.75) is 32.5 Å². The van der Waals surface area contributed by atoms with E-state index >= 15 is 0 Å². The Labute approximate surface area is 124 Å². The quantitative estimate of drug-likeness (QED) is 0.780. The average Bonchev–Trinajstić information content (AvgIpc) is 3.06. The summed E-state index contributed by atoms with van der Waals surface area (Å²) in [4.78, 5) is 4.50. The molecule has 0 fully saturated rings. The van der Waals surface area contributed by atoms with E-state index in [1.807, 2.05) is 35.4 Å². The second kappa shape index (κ2) is 6.06. The van der Waals surface area contributed by atoms with Gasteiger partial charge in [-0.3, -0.25) is 9.67 Å². The number of fused-ring (bicyclic) bond motifs is 1. The maximum absolute atomic E-state index is 4.50. The Hall–Kier alpha value is -2.20. The number of benzene rings is 1. The van der Waals surface area contributed by atoms with Gasteiger partial charge in [0.25, 0.3) is 0 Å². The number of nitrogens with zero attached hydrogens (tertiary/aromatic N) is 3. The van der Waals surface area contributed by atoms with E-state index in [-0.39, 0.29) is 0 Å². The molecule has 0 spiro atoms. The third-order valence-corrected chi connectivity index (χ3v) is 4.00. The van der Waals surface area contributed by atoms with Gasteiger partial charge >= 0.3 is 0 Å². The van der Waals surface area contributed by atoms with E-state index in [1.54, 1.807) is 0 Å². The van der Waals surface area contributed by atoms with Gasteiger partial charge in [0.15, 0.2) is 0 Å². The maximum atomic E-state index is 4.50. The molecule has 4 heteroatoms. The lowest BCUT2D eigenvalue weighted by Gasteiger charge is -2.22. The molecule has 0 aliphatic carbocycles. The van der Waals surface area contributed by atoms with Crippen LogP contribution >= 0.6 is 0 Å². The number of pyridine rings is 1. The monoisotopic (exact) mass is 280 g/mol. The zero-order valence-corrected chi connectivity index (χ0v) is 12.4. The first-order valence-electron chi connectivity index (χ1n) is 7.31. The van der Waals surface area contributed by atoms with E-state index in [0.717, 1.165) is 12.1 Å². The van der Waals surface area contributed by atoms with Crippen LogP contribution in [0, 0.1) is 0 Å². The number of rotatable bonds is 5. The summed E-state index contributed by atoms with van der Waals surface area (Å²) in [7, 11) is 0. The number of hydrogen-bond acceptors (Lipinski definition) is 3. The minimum Gasteiger partial charge on any atom is -0.308 e. The van der Waals surface area contributed by atoms with Crippen LogP contribution in [0.5, 0.6) is 0 Å². The van der Waals surface area contributed by atoms with Crippen LogP contribution in [0.2, 0.25) is 0 Å². The summed E-state index contributed by atoms with van der Waals surface area (Å²) in [6.45, 7) is 5.16.